The number of imidazole rings is 1. The molecule has 35 heavy (non-hydrogen) atoms. The molecule has 2 atom stereocenters. The Kier molecular flexibility index (Phi) is 5.82. The van der Waals surface area contributed by atoms with E-state index in [1.165, 1.54) is 25.7 Å². The Bertz CT molecular complexity index is 1230. The van der Waals surface area contributed by atoms with E-state index in [0.717, 1.165) is 48.2 Å². The molecule has 2 aromatic heterocycles. The molecule has 1 aromatic carbocycles. The molecule has 2 amide bonds. The molecule has 3 N–H and O–H groups in total. The third-order valence-electron chi connectivity index (χ3n) is 7.99. The Balaban J connectivity index is 1.29. The van der Waals surface area contributed by atoms with Gasteiger partial charge in [-0.05, 0) is 93.4 Å². The Labute approximate surface area is 205 Å². The zero-order valence-corrected chi connectivity index (χ0v) is 20.3. The van der Waals surface area contributed by atoms with Gasteiger partial charge < -0.3 is 15.6 Å². The molecular formula is C27H34N6O2. The fourth-order valence-electron chi connectivity index (χ4n) is 5.90. The summed E-state index contributed by atoms with van der Waals surface area (Å²) < 4.78 is 1.74. The van der Waals surface area contributed by atoms with Crippen LogP contribution >= 0.6 is 0 Å². The fraction of sp³-hybridized carbons (Fsp3) is 0.556. The van der Waals surface area contributed by atoms with Crippen molar-refractivity contribution in [3.63, 3.8) is 0 Å². The standard InChI is InChI=1S/C27H34N6O2/c1-2-33-22(11-13-29-33)27(35)32-24(23(17-6-7-17)18-8-9-18)25-30-20-10-5-16(15-21(20)31-25)14-19-4-3-12-28-26(19)34/h5,10-11,13,15,17-19,23-24H,2-4,6-9,12,14H2,1H3,(H,28,34)(H,30,31)(H,32,35). The molecule has 1 aliphatic heterocycles. The number of nitrogens with zero attached hydrogens (tertiary/aromatic N) is 3. The zero-order valence-electron chi connectivity index (χ0n) is 20.3. The van der Waals surface area contributed by atoms with Crippen molar-refractivity contribution < 1.29 is 9.59 Å². The number of piperidine rings is 1. The van der Waals surface area contributed by atoms with E-state index in [-0.39, 0.29) is 23.8 Å². The minimum absolute atomic E-state index is 0.0353. The molecule has 0 bridgehead atoms. The van der Waals surface area contributed by atoms with E-state index < -0.39 is 0 Å². The van der Waals surface area contributed by atoms with Crippen LogP contribution in [0.5, 0.6) is 0 Å². The summed E-state index contributed by atoms with van der Waals surface area (Å²) in [4.78, 5) is 34.1. The van der Waals surface area contributed by atoms with Gasteiger partial charge in [0.1, 0.15) is 11.5 Å². The third-order valence-corrected chi connectivity index (χ3v) is 7.99. The number of hydrogen-bond acceptors (Lipinski definition) is 4. The van der Waals surface area contributed by atoms with Crippen molar-refractivity contribution in [2.75, 3.05) is 6.54 Å². The molecule has 6 rings (SSSR count). The average Bonchev–Trinajstić information content (AvgIpc) is 3.79. The molecule has 2 unspecified atom stereocenters. The van der Waals surface area contributed by atoms with Crippen LogP contribution in [0.25, 0.3) is 11.0 Å². The minimum Gasteiger partial charge on any atom is -0.356 e. The third kappa shape index (κ3) is 4.58. The number of aromatic nitrogens is 4. The van der Waals surface area contributed by atoms with Crippen LogP contribution in [0, 0.1) is 23.7 Å². The van der Waals surface area contributed by atoms with E-state index in [0.29, 0.717) is 30.0 Å². The first-order valence-corrected chi connectivity index (χ1v) is 13.2. The van der Waals surface area contributed by atoms with Gasteiger partial charge in [0.15, 0.2) is 0 Å². The van der Waals surface area contributed by atoms with Gasteiger partial charge in [0.05, 0.1) is 17.1 Å². The molecule has 8 heteroatoms. The maximum absolute atomic E-state index is 13.3. The van der Waals surface area contributed by atoms with Crippen molar-refractivity contribution >= 4 is 22.8 Å². The van der Waals surface area contributed by atoms with Crippen molar-refractivity contribution in [2.24, 2.45) is 23.7 Å². The highest BCUT2D eigenvalue weighted by atomic mass is 16.2. The lowest BCUT2D eigenvalue weighted by atomic mass is 9.88. The Hall–Kier alpha value is -3.16. The number of carbonyl (C=O) groups excluding carboxylic acids is 2. The second-order valence-electron chi connectivity index (χ2n) is 10.5. The summed E-state index contributed by atoms with van der Waals surface area (Å²) >= 11 is 0. The molecule has 1 saturated heterocycles. The van der Waals surface area contributed by atoms with Gasteiger partial charge in [0, 0.05) is 25.2 Å². The number of aromatic amines is 1. The second-order valence-corrected chi connectivity index (χ2v) is 10.5. The summed E-state index contributed by atoms with van der Waals surface area (Å²) in [5.74, 6) is 2.65. The summed E-state index contributed by atoms with van der Waals surface area (Å²) in [6.07, 6.45) is 9.32. The molecule has 0 radical (unpaired) electrons. The molecular weight excluding hydrogens is 440 g/mol. The minimum atomic E-state index is -0.150. The molecule has 3 heterocycles. The van der Waals surface area contributed by atoms with E-state index in [9.17, 15) is 9.59 Å². The largest absolute Gasteiger partial charge is 0.356 e. The van der Waals surface area contributed by atoms with Gasteiger partial charge in [-0.15, -0.1) is 0 Å². The quantitative estimate of drug-likeness (QED) is 0.439. The van der Waals surface area contributed by atoms with E-state index in [1.807, 2.05) is 13.0 Å². The van der Waals surface area contributed by atoms with E-state index in [2.05, 4.69) is 32.8 Å². The Morgan fingerprint density at radius 2 is 1.97 bits per heavy atom. The van der Waals surface area contributed by atoms with Crippen molar-refractivity contribution in [2.45, 2.75) is 64.5 Å². The average molecular weight is 475 g/mol. The Morgan fingerprint density at radius 1 is 1.17 bits per heavy atom. The van der Waals surface area contributed by atoms with E-state index in [4.69, 9.17) is 4.98 Å². The molecule has 3 aromatic rings. The topological polar surface area (TPSA) is 105 Å². The number of rotatable bonds is 9. The highest BCUT2D eigenvalue weighted by Crippen LogP contribution is 2.54. The molecule has 184 valence electrons. The maximum Gasteiger partial charge on any atom is 0.270 e. The van der Waals surface area contributed by atoms with Gasteiger partial charge in [-0.1, -0.05) is 6.07 Å². The SMILES string of the molecule is CCn1nccc1C(=O)NC(c1nc2ccc(CC3CCCNC3=O)cc2[nH]1)C(C1CC1)C1CC1. The lowest BCUT2D eigenvalue weighted by molar-refractivity contribution is -0.126. The van der Waals surface area contributed by atoms with Crippen molar-refractivity contribution in [3.05, 3.63) is 47.5 Å². The Morgan fingerprint density at radius 3 is 2.69 bits per heavy atom. The first-order valence-electron chi connectivity index (χ1n) is 13.2. The van der Waals surface area contributed by atoms with Crippen molar-refractivity contribution in [1.82, 2.24) is 30.4 Å². The molecule has 0 spiro atoms. The summed E-state index contributed by atoms with van der Waals surface area (Å²) in [5, 5.41) is 10.6. The summed E-state index contributed by atoms with van der Waals surface area (Å²) in [6, 6.07) is 7.89. The van der Waals surface area contributed by atoms with Gasteiger partial charge >= 0.3 is 0 Å². The molecule has 3 fully saturated rings. The lowest BCUT2D eigenvalue weighted by Crippen LogP contribution is -2.37. The van der Waals surface area contributed by atoms with Crippen LogP contribution in [-0.4, -0.2) is 38.1 Å². The number of benzene rings is 1. The number of nitrogens with one attached hydrogen (secondary N) is 3. The molecule has 2 saturated carbocycles. The molecule has 3 aliphatic rings. The molecule has 8 nitrogen and oxygen atoms in total. The van der Waals surface area contributed by atoms with Crippen LogP contribution < -0.4 is 10.6 Å². The van der Waals surface area contributed by atoms with Crippen LogP contribution in [0.3, 0.4) is 0 Å². The van der Waals surface area contributed by atoms with Gasteiger partial charge in [-0.3, -0.25) is 14.3 Å². The van der Waals surface area contributed by atoms with Crippen LogP contribution in [-0.2, 0) is 17.8 Å². The van der Waals surface area contributed by atoms with Crippen LogP contribution in [0.1, 0.15) is 73.4 Å². The highest BCUT2D eigenvalue weighted by Gasteiger charge is 2.47. The normalized spacial score (nSPS) is 21.3. The predicted octanol–water partition coefficient (Wildman–Crippen LogP) is 3.76. The first kappa shape index (κ1) is 22.3. The fourth-order valence-corrected chi connectivity index (χ4v) is 5.90. The van der Waals surface area contributed by atoms with Crippen molar-refractivity contribution in [1.29, 1.82) is 0 Å². The lowest BCUT2D eigenvalue weighted by Gasteiger charge is -2.27. The van der Waals surface area contributed by atoms with E-state index >= 15 is 0 Å². The van der Waals surface area contributed by atoms with E-state index in [1.54, 1.807) is 16.9 Å². The van der Waals surface area contributed by atoms with Crippen LogP contribution in [0.4, 0.5) is 0 Å². The number of aryl methyl sites for hydroxylation is 1. The highest BCUT2D eigenvalue weighted by molar-refractivity contribution is 5.92. The smallest absolute Gasteiger partial charge is 0.270 e. The molecule has 2 aliphatic carbocycles. The van der Waals surface area contributed by atoms with Gasteiger partial charge in [-0.2, -0.15) is 5.10 Å². The van der Waals surface area contributed by atoms with Gasteiger partial charge in [0.25, 0.3) is 5.91 Å². The monoisotopic (exact) mass is 474 g/mol. The maximum atomic E-state index is 13.3. The number of carbonyl (C=O) groups is 2. The summed E-state index contributed by atoms with van der Waals surface area (Å²) in [6.45, 7) is 3.43. The van der Waals surface area contributed by atoms with Gasteiger partial charge in [-0.25, -0.2) is 4.98 Å². The summed E-state index contributed by atoms with van der Waals surface area (Å²) in [5.41, 5.74) is 3.60. The van der Waals surface area contributed by atoms with Crippen LogP contribution in [0.15, 0.2) is 30.5 Å². The number of fused-ring (bicyclic) bond motifs is 1. The van der Waals surface area contributed by atoms with Crippen molar-refractivity contribution in [3.8, 4) is 0 Å². The number of H-pyrrole nitrogens is 1. The second kappa shape index (κ2) is 9.13. The zero-order chi connectivity index (χ0) is 23.9. The van der Waals surface area contributed by atoms with Crippen LogP contribution in [0.2, 0.25) is 0 Å². The predicted molar refractivity (Wildman–Crippen MR) is 133 cm³/mol. The number of amides is 2. The van der Waals surface area contributed by atoms with Gasteiger partial charge in [0.2, 0.25) is 5.91 Å². The number of hydrogen-bond donors (Lipinski definition) is 3. The summed E-state index contributed by atoms with van der Waals surface area (Å²) in [7, 11) is 0. The first-order chi connectivity index (χ1) is 17.1.